The molecule has 0 aliphatic carbocycles. The van der Waals surface area contributed by atoms with Gasteiger partial charge in [0.25, 0.3) is 5.22 Å². The molecule has 1 fully saturated rings. The molecule has 4 nitrogen and oxygen atoms in total. The molecular formula is C16H19ClN2O2S. The SMILES string of the molecule is CC1CC(C)CN(C(=O)CSc2nc3cc(Cl)ccc3o2)C1. The number of oxazole rings is 1. The average molecular weight is 339 g/mol. The Kier molecular flexibility index (Phi) is 4.64. The van der Waals surface area contributed by atoms with Crippen molar-refractivity contribution in [1.82, 2.24) is 9.88 Å². The number of benzene rings is 1. The van der Waals surface area contributed by atoms with Crippen molar-refractivity contribution in [2.45, 2.75) is 25.5 Å². The molecule has 2 atom stereocenters. The van der Waals surface area contributed by atoms with E-state index in [1.807, 2.05) is 4.90 Å². The molecule has 1 aliphatic rings. The highest BCUT2D eigenvalue weighted by molar-refractivity contribution is 7.99. The van der Waals surface area contributed by atoms with Crippen LogP contribution in [0.25, 0.3) is 11.1 Å². The fourth-order valence-electron chi connectivity index (χ4n) is 3.02. The van der Waals surface area contributed by atoms with Gasteiger partial charge in [-0.1, -0.05) is 37.2 Å². The Morgan fingerprint density at radius 2 is 2.14 bits per heavy atom. The van der Waals surface area contributed by atoms with Crippen LogP contribution < -0.4 is 0 Å². The number of halogens is 1. The summed E-state index contributed by atoms with van der Waals surface area (Å²) < 4.78 is 5.63. The summed E-state index contributed by atoms with van der Waals surface area (Å²) in [4.78, 5) is 18.7. The quantitative estimate of drug-likeness (QED) is 0.791. The molecule has 6 heteroatoms. The van der Waals surface area contributed by atoms with Gasteiger partial charge in [-0.05, 0) is 36.5 Å². The van der Waals surface area contributed by atoms with E-state index in [1.165, 1.54) is 18.2 Å². The zero-order valence-corrected chi connectivity index (χ0v) is 14.3. The van der Waals surface area contributed by atoms with Crippen molar-refractivity contribution < 1.29 is 9.21 Å². The summed E-state index contributed by atoms with van der Waals surface area (Å²) in [6, 6.07) is 5.33. The van der Waals surface area contributed by atoms with Gasteiger partial charge in [-0.2, -0.15) is 0 Å². The van der Waals surface area contributed by atoms with Crippen molar-refractivity contribution in [3.8, 4) is 0 Å². The summed E-state index contributed by atoms with van der Waals surface area (Å²) in [5.41, 5.74) is 1.42. The largest absolute Gasteiger partial charge is 0.431 e. The van der Waals surface area contributed by atoms with E-state index >= 15 is 0 Å². The van der Waals surface area contributed by atoms with Gasteiger partial charge in [-0.3, -0.25) is 4.79 Å². The fourth-order valence-corrected chi connectivity index (χ4v) is 3.93. The summed E-state index contributed by atoms with van der Waals surface area (Å²) >= 11 is 7.28. The average Bonchev–Trinajstić information content (AvgIpc) is 2.85. The van der Waals surface area contributed by atoms with E-state index in [0.717, 1.165) is 18.6 Å². The molecule has 1 amide bonds. The number of rotatable bonds is 3. The number of nitrogens with zero attached hydrogens (tertiary/aromatic N) is 2. The van der Waals surface area contributed by atoms with E-state index in [1.54, 1.807) is 18.2 Å². The Labute approximate surface area is 139 Å². The van der Waals surface area contributed by atoms with Gasteiger partial charge in [-0.15, -0.1) is 0 Å². The van der Waals surface area contributed by atoms with Gasteiger partial charge in [0, 0.05) is 18.1 Å². The highest BCUT2D eigenvalue weighted by atomic mass is 35.5. The number of hydrogen-bond acceptors (Lipinski definition) is 4. The molecule has 118 valence electrons. The molecule has 1 aromatic heterocycles. The van der Waals surface area contributed by atoms with Gasteiger partial charge >= 0.3 is 0 Å². The van der Waals surface area contributed by atoms with Crippen LogP contribution in [0.1, 0.15) is 20.3 Å². The van der Waals surface area contributed by atoms with E-state index in [-0.39, 0.29) is 5.91 Å². The summed E-state index contributed by atoms with van der Waals surface area (Å²) in [7, 11) is 0. The Bertz CT molecular complexity index is 678. The van der Waals surface area contributed by atoms with Gasteiger partial charge in [0.1, 0.15) is 5.52 Å². The molecule has 0 spiro atoms. The number of amides is 1. The highest BCUT2D eigenvalue weighted by Crippen LogP contribution is 2.27. The summed E-state index contributed by atoms with van der Waals surface area (Å²) in [6.07, 6.45) is 1.20. The molecule has 22 heavy (non-hydrogen) atoms. The molecule has 1 aliphatic heterocycles. The topological polar surface area (TPSA) is 46.3 Å². The van der Waals surface area contributed by atoms with Crippen LogP contribution in [0.4, 0.5) is 0 Å². The number of carbonyl (C=O) groups excluding carboxylic acids is 1. The minimum Gasteiger partial charge on any atom is -0.431 e. The molecule has 2 aromatic rings. The minimum absolute atomic E-state index is 0.156. The van der Waals surface area contributed by atoms with Crippen molar-refractivity contribution in [3.63, 3.8) is 0 Å². The predicted octanol–water partition coefficient (Wildman–Crippen LogP) is 4.08. The van der Waals surface area contributed by atoms with Crippen molar-refractivity contribution in [2.24, 2.45) is 11.8 Å². The lowest BCUT2D eigenvalue weighted by Crippen LogP contribution is -2.43. The number of hydrogen-bond donors (Lipinski definition) is 0. The number of likely N-dealkylation sites (tertiary alicyclic amines) is 1. The van der Waals surface area contributed by atoms with Crippen LogP contribution in [0, 0.1) is 11.8 Å². The van der Waals surface area contributed by atoms with Crippen LogP contribution in [0.3, 0.4) is 0 Å². The Balaban J connectivity index is 1.62. The summed E-state index contributed by atoms with van der Waals surface area (Å²) in [5, 5.41) is 1.15. The maximum Gasteiger partial charge on any atom is 0.257 e. The lowest BCUT2D eigenvalue weighted by molar-refractivity contribution is -0.130. The smallest absolute Gasteiger partial charge is 0.257 e. The predicted molar refractivity (Wildman–Crippen MR) is 89.3 cm³/mol. The first-order valence-electron chi connectivity index (χ1n) is 7.48. The number of piperidine rings is 1. The fraction of sp³-hybridized carbons (Fsp3) is 0.500. The van der Waals surface area contributed by atoms with Crippen LogP contribution in [0.15, 0.2) is 27.8 Å². The zero-order valence-electron chi connectivity index (χ0n) is 12.7. The van der Waals surface area contributed by atoms with Crippen LogP contribution in [0.2, 0.25) is 5.02 Å². The molecule has 3 rings (SSSR count). The molecule has 0 bridgehead atoms. The minimum atomic E-state index is 0.156. The molecule has 1 aromatic carbocycles. The van der Waals surface area contributed by atoms with E-state index in [2.05, 4.69) is 18.8 Å². The monoisotopic (exact) mass is 338 g/mol. The first-order valence-corrected chi connectivity index (χ1v) is 8.84. The Morgan fingerprint density at radius 3 is 2.86 bits per heavy atom. The van der Waals surface area contributed by atoms with Crippen molar-refractivity contribution >= 4 is 40.4 Å². The highest BCUT2D eigenvalue weighted by Gasteiger charge is 2.25. The summed E-state index contributed by atoms with van der Waals surface area (Å²) in [6.45, 7) is 6.11. The molecule has 0 N–H and O–H groups in total. The third-order valence-corrected chi connectivity index (χ3v) is 4.92. The molecule has 1 saturated heterocycles. The standard InChI is InChI=1S/C16H19ClN2O2S/c1-10-5-11(2)8-19(7-10)15(20)9-22-16-18-13-6-12(17)3-4-14(13)21-16/h3-4,6,10-11H,5,7-9H2,1-2H3. The van der Waals surface area contributed by atoms with Gasteiger partial charge in [0.15, 0.2) is 5.58 Å². The van der Waals surface area contributed by atoms with Crippen molar-refractivity contribution in [3.05, 3.63) is 23.2 Å². The van der Waals surface area contributed by atoms with Crippen molar-refractivity contribution in [1.29, 1.82) is 0 Å². The third-order valence-electron chi connectivity index (χ3n) is 3.87. The second kappa shape index (κ2) is 6.50. The first kappa shape index (κ1) is 15.7. The lowest BCUT2D eigenvalue weighted by atomic mass is 9.92. The number of thioether (sulfide) groups is 1. The molecule has 2 heterocycles. The molecule has 0 radical (unpaired) electrons. The van der Waals surface area contributed by atoms with Crippen LogP contribution in [-0.4, -0.2) is 34.6 Å². The second-order valence-corrected chi connectivity index (χ2v) is 7.49. The number of carbonyl (C=O) groups is 1. The van der Waals surface area contributed by atoms with Gasteiger partial charge in [0.2, 0.25) is 5.91 Å². The van der Waals surface area contributed by atoms with E-state index in [0.29, 0.717) is 33.4 Å². The normalized spacial score (nSPS) is 22.2. The van der Waals surface area contributed by atoms with Crippen LogP contribution in [-0.2, 0) is 4.79 Å². The maximum atomic E-state index is 12.3. The zero-order chi connectivity index (χ0) is 15.7. The van der Waals surface area contributed by atoms with E-state index < -0.39 is 0 Å². The van der Waals surface area contributed by atoms with E-state index in [9.17, 15) is 4.79 Å². The van der Waals surface area contributed by atoms with Crippen LogP contribution >= 0.6 is 23.4 Å². The first-order chi connectivity index (χ1) is 10.5. The Morgan fingerprint density at radius 1 is 1.41 bits per heavy atom. The Hall–Kier alpha value is -1.20. The maximum absolute atomic E-state index is 12.3. The third kappa shape index (κ3) is 3.58. The van der Waals surface area contributed by atoms with Crippen molar-refractivity contribution in [2.75, 3.05) is 18.8 Å². The van der Waals surface area contributed by atoms with E-state index in [4.69, 9.17) is 16.0 Å². The van der Waals surface area contributed by atoms with Gasteiger partial charge in [0.05, 0.1) is 5.75 Å². The summed E-state index contributed by atoms with van der Waals surface area (Å²) in [5.74, 6) is 1.66. The lowest BCUT2D eigenvalue weighted by Gasteiger charge is -2.34. The molecule has 2 unspecified atom stereocenters. The number of fused-ring (bicyclic) bond motifs is 1. The molecule has 0 saturated carbocycles. The van der Waals surface area contributed by atoms with Gasteiger partial charge in [-0.25, -0.2) is 4.98 Å². The van der Waals surface area contributed by atoms with Gasteiger partial charge < -0.3 is 9.32 Å². The number of aromatic nitrogens is 1. The molecular weight excluding hydrogens is 320 g/mol. The second-order valence-electron chi connectivity index (χ2n) is 6.13. The van der Waals surface area contributed by atoms with Crippen LogP contribution in [0.5, 0.6) is 0 Å².